The summed E-state index contributed by atoms with van der Waals surface area (Å²) in [6.07, 6.45) is 3.87. The highest BCUT2D eigenvalue weighted by molar-refractivity contribution is 6.13. The molecule has 286 valence electrons. The van der Waals surface area contributed by atoms with Crippen molar-refractivity contribution in [2.24, 2.45) is 0 Å². The van der Waals surface area contributed by atoms with Crippen LogP contribution in [0.3, 0.4) is 0 Å². The van der Waals surface area contributed by atoms with Crippen LogP contribution in [-0.2, 0) is 21.7 Å². The third-order valence-corrected chi connectivity index (χ3v) is 13.8. The predicted molar refractivity (Wildman–Crippen MR) is 241 cm³/mol. The van der Waals surface area contributed by atoms with E-state index in [1.54, 1.807) is 0 Å². The van der Waals surface area contributed by atoms with E-state index in [1.807, 2.05) is 12.4 Å². The van der Waals surface area contributed by atoms with Gasteiger partial charge in [-0.2, -0.15) is 0 Å². The van der Waals surface area contributed by atoms with Crippen LogP contribution >= 0.6 is 0 Å². The molecular formula is C53H49N5. The first kappa shape index (κ1) is 35.0. The Morgan fingerprint density at radius 1 is 0.448 bits per heavy atom. The van der Waals surface area contributed by atoms with Crippen molar-refractivity contribution >= 4 is 56.1 Å². The first-order chi connectivity index (χ1) is 27.7. The standard InChI is InChI=1S/C53H49N5/c1-50(2,3)32-27-36-35-30-41-46(31-45(35)58-47(36)42(28-32)53(8,9)40-22-16-26-55-49(40)58)56(43-23-12-10-19-37(43)52(41,6)7)33-17-14-18-34(29-33)57-44-24-13-11-20-38(44)51(4,5)39-21-15-25-54-48(39)57/h10-31H,1-9H3. The summed E-state index contributed by atoms with van der Waals surface area (Å²) >= 11 is 0. The Kier molecular flexibility index (Phi) is 6.92. The molecule has 5 nitrogen and oxygen atoms in total. The lowest BCUT2D eigenvalue weighted by Crippen LogP contribution is -2.32. The van der Waals surface area contributed by atoms with Crippen molar-refractivity contribution in [1.29, 1.82) is 0 Å². The molecule has 58 heavy (non-hydrogen) atoms. The van der Waals surface area contributed by atoms with Crippen molar-refractivity contribution in [3.63, 3.8) is 0 Å². The Bertz CT molecular complexity index is 3000. The lowest BCUT2D eigenvalue weighted by molar-refractivity contribution is 0.581. The molecule has 0 unspecified atom stereocenters. The van der Waals surface area contributed by atoms with Gasteiger partial charge in [-0.1, -0.05) is 123 Å². The number of hydrogen-bond donors (Lipinski definition) is 0. The van der Waals surface area contributed by atoms with Crippen molar-refractivity contribution < 1.29 is 0 Å². The summed E-state index contributed by atoms with van der Waals surface area (Å²) in [5.74, 6) is 1.99. The predicted octanol–water partition coefficient (Wildman–Crippen LogP) is 13.7. The van der Waals surface area contributed by atoms with Crippen LogP contribution in [-0.4, -0.2) is 14.5 Å². The molecule has 0 radical (unpaired) electrons. The van der Waals surface area contributed by atoms with E-state index in [1.165, 1.54) is 72.1 Å². The van der Waals surface area contributed by atoms with Gasteiger partial charge in [0, 0.05) is 61.9 Å². The molecular weight excluding hydrogens is 707 g/mol. The summed E-state index contributed by atoms with van der Waals surface area (Å²) in [5.41, 5.74) is 16.6. The number of rotatable bonds is 2. The normalized spacial score (nSPS) is 16.7. The number of fused-ring (bicyclic) bond motifs is 9. The van der Waals surface area contributed by atoms with Gasteiger partial charge in [-0.05, 0) is 93.9 Å². The SMILES string of the molecule is CC(C)(C)c1cc2c3c(c1)c1cc4c(cc1n3-c1ncccc1C2(C)C)N(c1cccc(N2c3ccccc3C(C)(C)c3cccnc32)c1)c1ccccc1C4(C)C. The molecule has 0 saturated heterocycles. The Labute approximate surface area is 341 Å². The minimum Gasteiger partial charge on any atom is -0.310 e. The topological polar surface area (TPSA) is 37.2 Å². The van der Waals surface area contributed by atoms with Crippen LogP contribution in [0, 0.1) is 0 Å². The maximum Gasteiger partial charge on any atom is 0.141 e. The number of benzene rings is 5. The maximum atomic E-state index is 5.13. The summed E-state index contributed by atoms with van der Waals surface area (Å²) < 4.78 is 2.46. The summed E-state index contributed by atoms with van der Waals surface area (Å²) in [4.78, 5) is 15.0. The molecule has 5 aromatic carbocycles. The highest BCUT2D eigenvalue weighted by Gasteiger charge is 2.42. The molecule has 0 aliphatic carbocycles. The van der Waals surface area contributed by atoms with Crippen molar-refractivity contribution in [3.8, 4) is 5.82 Å². The zero-order valence-electron chi connectivity index (χ0n) is 34.9. The van der Waals surface area contributed by atoms with Gasteiger partial charge >= 0.3 is 0 Å². The van der Waals surface area contributed by atoms with Gasteiger partial charge in [0.1, 0.15) is 11.6 Å². The summed E-state index contributed by atoms with van der Waals surface area (Å²) in [6, 6.07) is 45.4. The molecule has 0 atom stereocenters. The fourth-order valence-electron chi connectivity index (χ4n) is 10.5. The van der Waals surface area contributed by atoms with Crippen molar-refractivity contribution in [2.45, 2.75) is 84.0 Å². The highest BCUT2D eigenvalue weighted by Crippen LogP contribution is 2.57. The Morgan fingerprint density at radius 3 is 1.67 bits per heavy atom. The molecule has 0 bridgehead atoms. The zero-order chi connectivity index (χ0) is 40.1. The van der Waals surface area contributed by atoms with E-state index in [-0.39, 0.29) is 21.7 Å². The van der Waals surface area contributed by atoms with Crippen molar-refractivity contribution in [2.75, 3.05) is 9.80 Å². The second-order valence-corrected chi connectivity index (χ2v) is 19.2. The molecule has 5 heteroatoms. The number of aromatic nitrogens is 3. The number of nitrogens with zero attached hydrogens (tertiary/aromatic N) is 5. The summed E-state index contributed by atoms with van der Waals surface area (Å²) in [7, 11) is 0. The van der Waals surface area contributed by atoms with Crippen LogP contribution in [0.25, 0.3) is 27.6 Å². The third kappa shape index (κ3) is 4.53. The van der Waals surface area contributed by atoms with Crippen LogP contribution in [0.4, 0.5) is 34.3 Å². The van der Waals surface area contributed by atoms with Crippen LogP contribution in [0.5, 0.6) is 0 Å². The van der Waals surface area contributed by atoms with Gasteiger partial charge in [-0.3, -0.25) is 9.47 Å². The Balaban J connectivity index is 1.20. The number of pyridine rings is 2. The van der Waals surface area contributed by atoms with Crippen molar-refractivity contribution in [3.05, 3.63) is 173 Å². The van der Waals surface area contributed by atoms with Gasteiger partial charge in [-0.25, -0.2) is 9.97 Å². The van der Waals surface area contributed by atoms with Crippen LogP contribution < -0.4 is 9.80 Å². The molecule has 3 aromatic heterocycles. The van der Waals surface area contributed by atoms with Gasteiger partial charge in [0.2, 0.25) is 0 Å². The van der Waals surface area contributed by atoms with Crippen LogP contribution in [0.2, 0.25) is 0 Å². The average Bonchev–Trinajstić information content (AvgIpc) is 3.53. The van der Waals surface area contributed by atoms with Gasteiger partial charge in [0.05, 0.1) is 28.1 Å². The van der Waals surface area contributed by atoms with Crippen molar-refractivity contribution in [1.82, 2.24) is 14.5 Å². The van der Waals surface area contributed by atoms with Crippen LogP contribution in [0.15, 0.2) is 134 Å². The van der Waals surface area contributed by atoms with Gasteiger partial charge in [0.15, 0.2) is 0 Å². The van der Waals surface area contributed by atoms with E-state index in [2.05, 4.69) is 198 Å². The van der Waals surface area contributed by atoms with Crippen LogP contribution in [0.1, 0.15) is 101 Å². The fourth-order valence-corrected chi connectivity index (χ4v) is 10.5. The molecule has 0 N–H and O–H groups in total. The second kappa shape index (κ2) is 11.5. The first-order valence-electron chi connectivity index (χ1n) is 20.7. The van der Waals surface area contributed by atoms with E-state index in [0.29, 0.717) is 0 Å². The van der Waals surface area contributed by atoms with E-state index in [0.717, 1.165) is 28.7 Å². The molecule has 11 rings (SSSR count). The lowest BCUT2D eigenvalue weighted by atomic mass is 9.72. The maximum absolute atomic E-state index is 5.13. The second-order valence-electron chi connectivity index (χ2n) is 19.2. The van der Waals surface area contributed by atoms with E-state index in [9.17, 15) is 0 Å². The summed E-state index contributed by atoms with van der Waals surface area (Å²) in [5, 5.41) is 2.57. The molecule has 0 amide bonds. The highest BCUT2D eigenvalue weighted by atomic mass is 15.2. The zero-order valence-corrected chi connectivity index (χ0v) is 34.9. The molecule has 6 heterocycles. The first-order valence-corrected chi connectivity index (χ1v) is 20.7. The Hall–Kier alpha value is -6.20. The quantitative estimate of drug-likeness (QED) is 0.176. The molecule has 0 fully saturated rings. The summed E-state index contributed by atoms with van der Waals surface area (Å²) in [6.45, 7) is 21.1. The smallest absolute Gasteiger partial charge is 0.141 e. The largest absolute Gasteiger partial charge is 0.310 e. The Morgan fingerprint density at radius 2 is 1.00 bits per heavy atom. The lowest BCUT2D eigenvalue weighted by Gasteiger charge is -2.43. The van der Waals surface area contributed by atoms with E-state index in [4.69, 9.17) is 9.97 Å². The van der Waals surface area contributed by atoms with Gasteiger partial charge in [0.25, 0.3) is 0 Å². The van der Waals surface area contributed by atoms with E-state index >= 15 is 0 Å². The minimum absolute atomic E-state index is 0.0146. The molecule has 0 saturated carbocycles. The third-order valence-electron chi connectivity index (χ3n) is 13.8. The molecule has 3 aliphatic heterocycles. The number of anilines is 6. The molecule has 0 spiro atoms. The minimum atomic E-state index is -0.261. The monoisotopic (exact) mass is 755 g/mol. The number of hydrogen-bond acceptors (Lipinski definition) is 4. The number of para-hydroxylation sites is 2. The average molecular weight is 756 g/mol. The fraction of sp³-hybridized carbons (Fsp3) is 0.245. The van der Waals surface area contributed by atoms with Gasteiger partial charge < -0.3 is 4.90 Å². The molecule has 8 aromatic rings. The molecule has 3 aliphatic rings. The van der Waals surface area contributed by atoms with E-state index < -0.39 is 0 Å². The van der Waals surface area contributed by atoms with Gasteiger partial charge in [-0.15, -0.1) is 0 Å².